The maximum Gasteiger partial charge on any atom is 0.147 e. The highest BCUT2D eigenvalue weighted by molar-refractivity contribution is 4.94. The van der Waals surface area contributed by atoms with Gasteiger partial charge in [-0.15, -0.1) is 0 Å². The molecule has 1 saturated heterocycles. The van der Waals surface area contributed by atoms with E-state index < -0.39 is 0 Å². The smallest absolute Gasteiger partial charge is 0.147 e. The lowest BCUT2D eigenvalue weighted by Crippen LogP contribution is -2.42. The molecule has 3 aliphatic rings. The van der Waals surface area contributed by atoms with E-state index in [-0.39, 0.29) is 0 Å². The first-order valence-electron chi connectivity index (χ1n) is 7.25. The van der Waals surface area contributed by atoms with Gasteiger partial charge >= 0.3 is 0 Å². The second-order valence-electron chi connectivity index (χ2n) is 6.14. The monoisotopic (exact) mass is 239 g/mol. The van der Waals surface area contributed by atoms with Crippen LogP contribution in [-0.2, 0) is 9.47 Å². The molecule has 3 heteroatoms. The Kier molecular flexibility index (Phi) is 3.69. The maximum atomic E-state index is 5.57. The topological polar surface area (TPSA) is 30.5 Å². The molecule has 2 saturated carbocycles. The van der Waals surface area contributed by atoms with Crippen molar-refractivity contribution in [2.24, 2.45) is 17.8 Å². The lowest BCUT2D eigenvalue weighted by Gasteiger charge is -2.31. The van der Waals surface area contributed by atoms with Crippen LogP contribution in [0, 0.1) is 17.8 Å². The van der Waals surface area contributed by atoms with Crippen molar-refractivity contribution in [2.75, 3.05) is 19.9 Å². The van der Waals surface area contributed by atoms with Crippen molar-refractivity contribution >= 4 is 0 Å². The summed E-state index contributed by atoms with van der Waals surface area (Å²) in [5.41, 5.74) is 0. The van der Waals surface area contributed by atoms with E-state index in [1.54, 1.807) is 0 Å². The van der Waals surface area contributed by atoms with Gasteiger partial charge in [0.15, 0.2) is 0 Å². The molecule has 3 nitrogen and oxygen atoms in total. The molecule has 1 aliphatic heterocycles. The molecule has 2 aliphatic carbocycles. The molecule has 0 amide bonds. The van der Waals surface area contributed by atoms with Crippen molar-refractivity contribution in [1.29, 1.82) is 0 Å². The first kappa shape index (κ1) is 11.9. The summed E-state index contributed by atoms with van der Waals surface area (Å²) in [6, 6.07) is 0.664. The highest BCUT2D eigenvalue weighted by atomic mass is 16.7. The Bertz CT molecular complexity index is 253. The molecule has 17 heavy (non-hydrogen) atoms. The van der Waals surface area contributed by atoms with Gasteiger partial charge in [0.05, 0.1) is 12.7 Å². The average Bonchev–Trinajstić information content (AvgIpc) is 2.99. The quantitative estimate of drug-likeness (QED) is 0.815. The third kappa shape index (κ3) is 2.67. The summed E-state index contributed by atoms with van der Waals surface area (Å²) in [4.78, 5) is 0. The molecule has 5 unspecified atom stereocenters. The minimum atomic E-state index is 0.366. The number of rotatable bonds is 4. The molecule has 0 aromatic heterocycles. The van der Waals surface area contributed by atoms with Crippen LogP contribution in [0.1, 0.15) is 39.0 Å². The fourth-order valence-electron chi connectivity index (χ4n) is 4.04. The lowest BCUT2D eigenvalue weighted by molar-refractivity contribution is -0.137. The molecule has 5 atom stereocenters. The number of fused-ring (bicyclic) bond motifs is 2. The van der Waals surface area contributed by atoms with Crippen LogP contribution >= 0.6 is 0 Å². The molecule has 2 bridgehead atoms. The number of ether oxygens (including phenoxy) is 2. The van der Waals surface area contributed by atoms with Gasteiger partial charge in [-0.3, -0.25) is 0 Å². The summed E-state index contributed by atoms with van der Waals surface area (Å²) in [7, 11) is 0. The first-order valence-corrected chi connectivity index (χ1v) is 7.25. The zero-order valence-corrected chi connectivity index (χ0v) is 10.9. The average molecular weight is 239 g/mol. The number of nitrogens with one attached hydrogen (secondary N) is 1. The largest absolute Gasteiger partial charge is 0.355 e. The third-order valence-corrected chi connectivity index (χ3v) is 5.07. The van der Waals surface area contributed by atoms with E-state index in [2.05, 4.69) is 12.2 Å². The minimum absolute atomic E-state index is 0.366. The van der Waals surface area contributed by atoms with E-state index >= 15 is 0 Å². The van der Waals surface area contributed by atoms with Crippen LogP contribution in [0.4, 0.5) is 0 Å². The Morgan fingerprint density at radius 1 is 1.24 bits per heavy atom. The lowest BCUT2D eigenvalue weighted by atomic mass is 9.84. The Labute approximate surface area is 104 Å². The Morgan fingerprint density at radius 3 is 2.82 bits per heavy atom. The molecule has 98 valence electrons. The zero-order valence-electron chi connectivity index (χ0n) is 10.9. The molecular weight excluding hydrogens is 214 g/mol. The van der Waals surface area contributed by atoms with Crippen molar-refractivity contribution in [3.05, 3.63) is 0 Å². The van der Waals surface area contributed by atoms with Crippen molar-refractivity contribution in [3.8, 4) is 0 Å². The van der Waals surface area contributed by atoms with Gasteiger partial charge in [0.1, 0.15) is 6.79 Å². The summed E-state index contributed by atoms with van der Waals surface area (Å²) in [6.45, 7) is 4.70. The van der Waals surface area contributed by atoms with Crippen molar-refractivity contribution in [2.45, 2.75) is 51.2 Å². The summed E-state index contributed by atoms with van der Waals surface area (Å²) in [5.74, 6) is 2.99. The molecule has 3 rings (SSSR count). The normalized spacial score (nSPS) is 42.9. The van der Waals surface area contributed by atoms with Gasteiger partial charge in [0.25, 0.3) is 0 Å². The van der Waals surface area contributed by atoms with E-state index in [9.17, 15) is 0 Å². The second kappa shape index (κ2) is 5.25. The molecular formula is C14H25NO2. The van der Waals surface area contributed by atoms with Crippen LogP contribution < -0.4 is 5.32 Å². The predicted octanol–water partition coefficient (Wildman–Crippen LogP) is 2.16. The van der Waals surface area contributed by atoms with Crippen LogP contribution in [0.15, 0.2) is 0 Å². The summed E-state index contributed by atoms with van der Waals surface area (Å²) >= 11 is 0. The predicted molar refractivity (Wildman–Crippen MR) is 66.7 cm³/mol. The van der Waals surface area contributed by atoms with Gasteiger partial charge in [-0.05, 0) is 50.4 Å². The minimum Gasteiger partial charge on any atom is -0.355 e. The highest BCUT2D eigenvalue weighted by Gasteiger charge is 2.41. The molecule has 0 spiro atoms. The standard InChI is InChI=1S/C14H25NO2/c1-10(14-7-11-2-3-12(14)6-11)15-8-13-4-5-16-9-17-13/h10-15H,2-9H2,1H3. The van der Waals surface area contributed by atoms with Gasteiger partial charge in [0.2, 0.25) is 0 Å². The molecule has 0 radical (unpaired) electrons. The highest BCUT2D eigenvalue weighted by Crippen LogP contribution is 2.49. The van der Waals surface area contributed by atoms with Crippen molar-refractivity contribution in [3.63, 3.8) is 0 Å². The van der Waals surface area contributed by atoms with Gasteiger partial charge < -0.3 is 14.8 Å². The van der Waals surface area contributed by atoms with E-state index in [0.29, 0.717) is 18.9 Å². The van der Waals surface area contributed by atoms with Crippen LogP contribution in [0.2, 0.25) is 0 Å². The van der Waals surface area contributed by atoms with Gasteiger partial charge in [-0.1, -0.05) is 6.42 Å². The fraction of sp³-hybridized carbons (Fsp3) is 1.00. The van der Waals surface area contributed by atoms with E-state index in [1.807, 2.05) is 0 Å². The SMILES string of the molecule is CC(NCC1CCOCO1)C1CC2CCC1C2. The zero-order chi connectivity index (χ0) is 11.7. The van der Waals surface area contributed by atoms with Gasteiger partial charge in [0, 0.05) is 12.6 Å². The van der Waals surface area contributed by atoms with Crippen LogP contribution in [0.5, 0.6) is 0 Å². The molecule has 0 aromatic rings. The second-order valence-corrected chi connectivity index (χ2v) is 6.14. The molecule has 1 N–H and O–H groups in total. The Balaban J connectivity index is 1.42. The van der Waals surface area contributed by atoms with Gasteiger partial charge in [-0.25, -0.2) is 0 Å². The van der Waals surface area contributed by atoms with Gasteiger partial charge in [-0.2, -0.15) is 0 Å². The van der Waals surface area contributed by atoms with E-state index in [0.717, 1.165) is 37.3 Å². The Hall–Kier alpha value is -0.120. The fourth-order valence-corrected chi connectivity index (χ4v) is 4.04. The van der Waals surface area contributed by atoms with Crippen molar-refractivity contribution in [1.82, 2.24) is 5.32 Å². The van der Waals surface area contributed by atoms with Crippen molar-refractivity contribution < 1.29 is 9.47 Å². The van der Waals surface area contributed by atoms with Crippen LogP contribution in [0.25, 0.3) is 0 Å². The first-order chi connectivity index (χ1) is 8.33. The Morgan fingerprint density at radius 2 is 2.18 bits per heavy atom. The van der Waals surface area contributed by atoms with Crippen LogP contribution in [-0.4, -0.2) is 32.1 Å². The maximum absolute atomic E-state index is 5.57. The molecule has 0 aromatic carbocycles. The summed E-state index contributed by atoms with van der Waals surface area (Å²) in [5, 5.41) is 3.70. The number of hydrogen-bond donors (Lipinski definition) is 1. The summed E-state index contributed by atoms with van der Waals surface area (Å²) in [6.07, 6.45) is 7.35. The third-order valence-electron chi connectivity index (χ3n) is 5.07. The number of hydrogen-bond acceptors (Lipinski definition) is 3. The van der Waals surface area contributed by atoms with E-state index in [1.165, 1.54) is 25.7 Å². The molecule has 3 fully saturated rings. The summed E-state index contributed by atoms with van der Waals surface area (Å²) < 4.78 is 10.8. The van der Waals surface area contributed by atoms with Crippen LogP contribution in [0.3, 0.4) is 0 Å². The molecule has 1 heterocycles. The van der Waals surface area contributed by atoms with E-state index in [4.69, 9.17) is 9.47 Å².